The van der Waals surface area contributed by atoms with E-state index < -0.39 is 33.5 Å². The van der Waals surface area contributed by atoms with E-state index in [1.807, 2.05) is 31.2 Å². The lowest BCUT2D eigenvalue weighted by atomic mass is 9.84. The molecule has 0 aliphatic carbocycles. The number of sulfonamides is 1. The van der Waals surface area contributed by atoms with Crippen molar-refractivity contribution in [2.75, 3.05) is 0 Å². The summed E-state index contributed by atoms with van der Waals surface area (Å²) in [5.41, 5.74) is -0.0188. The molecule has 8 nitrogen and oxygen atoms in total. The third kappa shape index (κ3) is 4.46. The van der Waals surface area contributed by atoms with Gasteiger partial charge in [-0.3, -0.25) is 10.1 Å². The molecule has 1 heterocycles. The lowest BCUT2D eigenvalue weighted by Gasteiger charge is -2.33. The molecule has 0 unspecified atom stereocenters. The minimum Gasteiger partial charge on any atom is -0.457 e. The topological polar surface area (TPSA) is 114 Å². The van der Waals surface area contributed by atoms with E-state index in [2.05, 4.69) is 15.4 Å². The predicted molar refractivity (Wildman–Crippen MR) is 122 cm³/mol. The van der Waals surface area contributed by atoms with Crippen molar-refractivity contribution >= 4 is 22.0 Å². The molecule has 3 aromatic carbocycles. The van der Waals surface area contributed by atoms with Crippen LogP contribution in [0.5, 0.6) is 11.5 Å². The number of aryl methyl sites for hydroxylation is 1. The molecular formula is C24H23N3O5S. The average molecular weight is 466 g/mol. The smallest absolute Gasteiger partial charge is 0.322 e. The largest absolute Gasteiger partial charge is 0.457 e. The van der Waals surface area contributed by atoms with Crippen molar-refractivity contribution in [1.29, 1.82) is 0 Å². The first-order chi connectivity index (χ1) is 15.7. The summed E-state index contributed by atoms with van der Waals surface area (Å²) in [7, 11) is -4.02. The third-order valence-electron chi connectivity index (χ3n) is 5.50. The molecule has 9 heteroatoms. The second kappa shape index (κ2) is 8.68. The zero-order valence-electron chi connectivity index (χ0n) is 18.0. The molecule has 3 amide bonds. The van der Waals surface area contributed by atoms with Gasteiger partial charge in [0.25, 0.3) is 5.91 Å². The Kier molecular flexibility index (Phi) is 5.92. The molecule has 170 valence electrons. The number of urea groups is 1. The SMILES string of the molecule is Cc1ccc(Oc2ccc(S(=O)(=O)N[C@H](C)[C@@]3(c4ccccc4)NC(=O)NC3=O)cc2)cc1. The Bertz CT molecular complexity index is 1280. The molecule has 1 aliphatic rings. The average Bonchev–Trinajstić information content (AvgIpc) is 3.11. The van der Waals surface area contributed by atoms with Gasteiger partial charge in [0.05, 0.1) is 10.9 Å². The predicted octanol–water partition coefficient (Wildman–Crippen LogP) is 3.19. The van der Waals surface area contributed by atoms with Crippen molar-refractivity contribution in [3.63, 3.8) is 0 Å². The summed E-state index contributed by atoms with van der Waals surface area (Å²) in [6, 6.07) is 20.3. The second-order valence-electron chi connectivity index (χ2n) is 7.81. The van der Waals surface area contributed by atoms with Crippen LogP contribution >= 0.6 is 0 Å². The Morgan fingerprint density at radius 1 is 0.879 bits per heavy atom. The van der Waals surface area contributed by atoms with Gasteiger partial charge in [-0.15, -0.1) is 0 Å². The number of ether oxygens (including phenoxy) is 1. The number of imide groups is 1. The molecule has 1 aliphatic heterocycles. The minimum atomic E-state index is -4.02. The number of benzene rings is 3. The van der Waals surface area contributed by atoms with Crippen LogP contribution in [0.3, 0.4) is 0 Å². The Balaban J connectivity index is 1.56. The van der Waals surface area contributed by atoms with Gasteiger partial charge in [-0.25, -0.2) is 17.9 Å². The fourth-order valence-corrected chi connectivity index (χ4v) is 5.02. The first-order valence-electron chi connectivity index (χ1n) is 10.3. The van der Waals surface area contributed by atoms with Gasteiger partial charge in [-0.2, -0.15) is 0 Å². The zero-order valence-corrected chi connectivity index (χ0v) is 18.8. The van der Waals surface area contributed by atoms with Crippen molar-refractivity contribution in [2.45, 2.75) is 30.3 Å². The number of carbonyl (C=O) groups is 2. The molecule has 2 atom stereocenters. The Hall–Kier alpha value is -3.69. The van der Waals surface area contributed by atoms with Crippen LogP contribution in [0.25, 0.3) is 0 Å². The summed E-state index contributed by atoms with van der Waals surface area (Å²) in [5, 5.41) is 4.81. The van der Waals surface area contributed by atoms with Crippen molar-refractivity contribution in [1.82, 2.24) is 15.4 Å². The Labute approximate surface area is 192 Å². The quantitative estimate of drug-likeness (QED) is 0.464. The van der Waals surface area contributed by atoms with Crippen LogP contribution in [0.15, 0.2) is 83.8 Å². The fourth-order valence-electron chi connectivity index (χ4n) is 3.75. The molecule has 0 aromatic heterocycles. The Morgan fingerprint density at radius 2 is 1.45 bits per heavy atom. The van der Waals surface area contributed by atoms with Crippen molar-refractivity contribution in [3.05, 3.63) is 90.0 Å². The van der Waals surface area contributed by atoms with Crippen LogP contribution in [-0.4, -0.2) is 26.4 Å². The van der Waals surface area contributed by atoms with Crippen LogP contribution in [0.1, 0.15) is 18.1 Å². The molecule has 0 spiro atoms. The first kappa shape index (κ1) is 22.5. The fraction of sp³-hybridized carbons (Fsp3) is 0.167. The monoisotopic (exact) mass is 465 g/mol. The summed E-state index contributed by atoms with van der Waals surface area (Å²) >= 11 is 0. The molecule has 3 N–H and O–H groups in total. The van der Waals surface area contributed by atoms with Crippen LogP contribution in [0.2, 0.25) is 0 Å². The van der Waals surface area contributed by atoms with Gasteiger partial charge in [-0.05, 0) is 55.8 Å². The molecule has 3 aromatic rings. The third-order valence-corrected chi connectivity index (χ3v) is 7.05. The molecule has 1 saturated heterocycles. The van der Waals surface area contributed by atoms with E-state index >= 15 is 0 Å². The van der Waals surface area contributed by atoms with E-state index in [0.717, 1.165) is 5.56 Å². The standard InChI is InChI=1S/C24H23N3O5S/c1-16-8-10-19(11-9-16)32-20-12-14-21(15-13-20)33(30,31)27-17(2)24(18-6-4-3-5-7-18)22(28)25-23(29)26-24/h3-15,17,27H,1-2H3,(H2,25,26,28,29)/t17-,24+/m1/s1. The number of nitrogens with one attached hydrogen (secondary N) is 3. The van der Waals surface area contributed by atoms with Crippen LogP contribution in [0, 0.1) is 6.92 Å². The summed E-state index contributed by atoms with van der Waals surface area (Å²) in [5.74, 6) is 0.487. The molecule has 0 bridgehead atoms. The first-order valence-corrected chi connectivity index (χ1v) is 11.7. The van der Waals surface area contributed by atoms with Crippen LogP contribution in [0.4, 0.5) is 4.79 Å². The van der Waals surface area contributed by atoms with E-state index in [4.69, 9.17) is 4.74 Å². The van der Waals surface area contributed by atoms with E-state index in [1.54, 1.807) is 42.5 Å². The van der Waals surface area contributed by atoms with Crippen LogP contribution in [-0.2, 0) is 20.4 Å². The van der Waals surface area contributed by atoms with E-state index in [1.165, 1.54) is 19.1 Å². The highest BCUT2D eigenvalue weighted by molar-refractivity contribution is 7.89. The van der Waals surface area contributed by atoms with Crippen molar-refractivity contribution in [3.8, 4) is 11.5 Å². The van der Waals surface area contributed by atoms with Gasteiger partial charge in [0.15, 0.2) is 5.54 Å². The summed E-state index contributed by atoms with van der Waals surface area (Å²) in [4.78, 5) is 24.7. The normalized spacial score (nSPS) is 19.0. The van der Waals surface area contributed by atoms with Gasteiger partial charge in [-0.1, -0.05) is 48.0 Å². The van der Waals surface area contributed by atoms with Crippen LogP contribution < -0.4 is 20.1 Å². The number of carbonyl (C=O) groups excluding carboxylic acids is 2. The molecular weight excluding hydrogens is 442 g/mol. The highest BCUT2D eigenvalue weighted by Crippen LogP contribution is 2.30. The summed E-state index contributed by atoms with van der Waals surface area (Å²) < 4.78 is 34.4. The lowest BCUT2D eigenvalue weighted by Crippen LogP contribution is -2.58. The number of amides is 3. The minimum absolute atomic E-state index is 0.00134. The molecule has 33 heavy (non-hydrogen) atoms. The maximum absolute atomic E-state index is 13.1. The summed E-state index contributed by atoms with van der Waals surface area (Å²) in [6.07, 6.45) is 0. The molecule has 1 fully saturated rings. The zero-order chi connectivity index (χ0) is 23.6. The maximum Gasteiger partial charge on any atom is 0.322 e. The highest BCUT2D eigenvalue weighted by atomic mass is 32.2. The Morgan fingerprint density at radius 3 is 2.00 bits per heavy atom. The molecule has 0 radical (unpaired) electrons. The van der Waals surface area contributed by atoms with Gasteiger partial charge in [0.2, 0.25) is 10.0 Å². The van der Waals surface area contributed by atoms with E-state index in [0.29, 0.717) is 17.1 Å². The number of hydrogen-bond donors (Lipinski definition) is 3. The lowest BCUT2D eigenvalue weighted by molar-refractivity contribution is -0.125. The number of hydrogen-bond acceptors (Lipinski definition) is 5. The number of rotatable bonds is 7. The molecule has 0 saturated carbocycles. The van der Waals surface area contributed by atoms with Crippen molar-refractivity contribution < 1.29 is 22.7 Å². The molecule has 4 rings (SSSR count). The van der Waals surface area contributed by atoms with Gasteiger partial charge < -0.3 is 10.1 Å². The summed E-state index contributed by atoms with van der Waals surface area (Å²) in [6.45, 7) is 3.50. The highest BCUT2D eigenvalue weighted by Gasteiger charge is 2.52. The van der Waals surface area contributed by atoms with E-state index in [-0.39, 0.29) is 4.90 Å². The van der Waals surface area contributed by atoms with Gasteiger partial charge in [0, 0.05) is 0 Å². The maximum atomic E-state index is 13.1. The second-order valence-corrected chi connectivity index (χ2v) is 9.53. The van der Waals surface area contributed by atoms with Crippen molar-refractivity contribution in [2.24, 2.45) is 0 Å². The van der Waals surface area contributed by atoms with E-state index in [9.17, 15) is 18.0 Å². The van der Waals surface area contributed by atoms with Gasteiger partial charge in [0.1, 0.15) is 11.5 Å². The van der Waals surface area contributed by atoms with Gasteiger partial charge >= 0.3 is 6.03 Å².